The number of fused-ring (bicyclic) bond motifs is 1. The molecule has 7 nitrogen and oxygen atoms in total. The van der Waals surface area contributed by atoms with Crippen LogP contribution in [-0.2, 0) is 11.3 Å². The molecule has 0 radical (unpaired) electrons. The van der Waals surface area contributed by atoms with Crippen LogP contribution in [0.3, 0.4) is 0 Å². The van der Waals surface area contributed by atoms with E-state index in [4.69, 9.17) is 4.52 Å². The van der Waals surface area contributed by atoms with Crippen molar-refractivity contribution in [3.8, 4) is 0 Å². The lowest BCUT2D eigenvalue weighted by atomic mass is 10.1. The summed E-state index contributed by atoms with van der Waals surface area (Å²) in [4.78, 5) is 39.5. The molecule has 7 heteroatoms. The molecular formula is C17H17N3O4. The molecule has 0 N–H and O–H groups in total. The quantitative estimate of drug-likeness (QED) is 0.796. The topological polar surface area (TPSA) is 83.7 Å². The SMILES string of the molecule is Cc1noc(C)c1CN(C)C(=O)CN1C(=O)c2ccccc2C1=O. The summed E-state index contributed by atoms with van der Waals surface area (Å²) in [5.41, 5.74) is 2.22. The van der Waals surface area contributed by atoms with Gasteiger partial charge in [0.1, 0.15) is 12.3 Å². The predicted octanol–water partition coefficient (Wildman–Crippen LogP) is 1.55. The molecule has 0 atom stereocenters. The van der Waals surface area contributed by atoms with Crippen molar-refractivity contribution in [1.29, 1.82) is 0 Å². The van der Waals surface area contributed by atoms with Crippen molar-refractivity contribution in [1.82, 2.24) is 15.0 Å². The number of nitrogens with zero attached hydrogens (tertiary/aromatic N) is 3. The summed E-state index contributed by atoms with van der Waals surface area (Å²) in [5.74, 6) is -0.554. The maximum atomic E-state index is 12.4. The Labute approximate surface area is 138 Å². The number of likely N-dealkylation sites (N-methyl/N-ethyl adjacent to an activating group) is 1. The Hall–Kier alpha value is -2.96. The molecule has 3 amide bonds. The molecule has 0 fully saturated rings. The first-order valence-corrected chi connectivity index (χ1v) is 7.51. The monoisotopic (exact) mass is 327 g/mol. The Morgan fingerprint density at radius 3 is 2.25 bits per heavy atom. The van der Waals surface area contributed by atoms with Gasteiger partial charge in [0.05, 0.1) is 23.4 Å². The summed E-state index contributed by atoms with van der Waals surface area (Å²) in [5, 5.41) is 3.85. The minimum absolute atomic E-state index is 0.285. The molecule has 2 aromatic rings. The van der Waals surface area contributed by atoms with Crippen molar-refractivity contribution in [2.75, 3.05) is 13.6 Å². The molecule has 2 heterocycles. The van der Waals surface area contributed by atoms with E-state index in [1.165, 1.54) is 4.90 Å². The molecule has 0 spiro atoms. The second kappa shape index (κ2) is 5.92. The molecule has 1 aromatic carbocycles. The number of aryl methyl sites for hydroxylation is 2. The van der Waals surface area contributed by atoms with Crippen molar-refractivity contribution >= 4 is 17.7 Å². The second-order valence-electron chi connectivity index (χ2n) is 5.79. The second-order valence-corrected chi connectivity index (χ2v) is 5.79. The first-order chi connectivity index (χ1) is 11.4. The van der Waals surface area contributed by atoms with Gasteiger partial charge in [0, 0.05) is 12.6 Å². The van der Waals surface area contributed by atoms with E-state index in [-0.39, 0.29) is 12.5 Å². The lowest BCUT2D eigenvalue weighted by Crippen LogP contribution is -2.41. The van der Waals surface area contributed by atoms with Gasteiger partial charge < -0.3 is 9.42 Å². The highest BCUT2D eigenvalue weighted by Crippen LogP contribution is 2.22. The fraction of sp³-hybridized carbons (Fsp3) is 0.294. The normalized spacial score (nSPS) is 13.4. The van der Waals surface area contributed by atoms with Gasteiger partial charge in [-0.15, -0.1) is 0 Å². The molecule has 0 bridgehead atoms. The number of imide groups is 1. The van der Waals surface area contributed by atoms with E-state index in [2.05, 4.69) is 5.16 Å². The van der Waals surface area contributed by atoms with Gasteiger partial charge in [-0.05, 0) is 26.0 Å². The number of aromatic nitrogens is 1. The summed E-state index contributed by atoms with van der Waals surface area (Å²) in [6, 6.07) is 6.57. The maximum Gasteiger partial charge on any atom is 0.262 e. The van der Waals surface area contributed by atoms with Crippen LogP contribution in [0.2, 0.25) is 0 Å². The minimum Gasteiger partial charge on any atom is -0.361 e. The first kappa shape index (κ1) is 15.9. The van der Waals surface area contributed by atoms with Crippen molar-refractivity contribution < 1.29 is 18.9 Å². The molecule has 0 aliphatic carbocycles. The molecule has 0 saturated heterocycles. The highest BCUT2D eigenvalue weighted by Gasteiger charge is 2.36. The standard InChI is InChI=1S/C17H17N3O4/c1-10-14(11(2)24-18-10)8-19(3)15(21)9-20-16(22)12-6-4-5-7-13(12)17(20)23/h4-7H,8-9H2,1-3H3. The van der Waals surface area contributed by atoms with Crippen LogP contribution < -0.4 is 0 Å². The number of carbonyl (C=O) groups is 3. The zero-order valence-electron chi connectivity index (χ0n) is 13.7. The maximum absolute atomic E-state index is 12.4. The Balaban J connectivity index is 1.72. The molecule has 3 rings (SSSR count). The van der Waals surface area contributed by atoms with Crippen LogP contribution in [-0.4, -0.2) is 46.3 Å². The van der Waals surface area contributed by atoms with Crippen LogP contribution in [0, 0.1) is 13.8 Å². The summed E-state index contributed by atoms with van der Waals surface area (Å²) in [7, 11) is 1.62. The van der Waals surface area contributed by atoms with Crippen LogP contribution in [0.1, 0.15) is 37.7 Å². The number of carbonyl (C=O) groups excluding carboxylic acids is 3. The van der Waals surface area contributed by atoms with Gasteiger partial charge in [0.25, 0.3) is 11.8 Å². The van der Waals surface area contributed by atoms with Crippen molar-refractivity contribution in [3.05, 3.63) is 52.4 Å². The molecule has 124 valence electrons. The molecule has 24 heavy (non-hydrogen) atoms. The average Bonchev–Trinajstić information content (AvgIpc) is 3.01. The Morgan fingerprint density at radius 1 is 1.17 bits per heavy atom. The van der Waals surface area contributed by atoms with Crippen LogP contribution in [0.4, 0.5) is 0 Å². The molecule has 1 aromatic heterocycles. The lowest BCUT2D eigenvalue weighted by Gasteiger charge is -2.20. The molecule has 0 unspecified atom stereocenters. The van der Waals surface area contributed by atoms with Crippen LogP contribution in [0.15, 0.2) is 28.8 Å². The number of hydrogen-bond donors (Lipinski definition) is 0. The summed E-state index contributed by atoms with van der Waals surface area (Å²) in [6.45, 7) is 3.60. The predicted molar refractivity (Wildman–Crippen MR) is 84.3 cm³/mol. The molecule has 0 saturated carbocycles. The summed E-state index contributed by atoms with van der Waals surface area (Å²) >= 11 is 0. The fourth-order valence-electron chi connectivity index (χ4n) is 2.69. The van der Waals surface area contributed by atoms with Gasteiger partial charge in [0.2, 0.25) is 5.91 Å². The van der Waals surface area contributed by atoms with Gasteiger partial charge in [-0.2, -0.15) is 0 Å². The van der Waals surface area contributed by atoms with Crippen LogP contribution in [0.5, 0.6) is 0 Å². The van der Waals surface area contributed by atoms with Gasteiger partial charge in [-0.25, -0.2) is 0 Å². The van der Waals surface area contributed by atoms with Crippen LogP contribution >= 0.6 is 0 Å². The van der Waals surface area contributed by atoms with E-state index in [0.29, 0.717) is 29.1 Å². The number of amides is 3. The molecule has 1 aliphatic rings. The fourth-order valence-corrected chi connectivity index (χ4v) is 2.69. The third-order valence-electron chi connectivity index (χ3n) is 4.17. The Morgan fingerprint density at radius 2 is 1.75 bits per heavy atom. The van der Waals surface area contributed by atoms with Gasteiger partial charge in [0.15, 0.2) is 0 Å². The third kappa shape index (κ3) is 2.58. The zero-order chi connectivity index (χ0) is 17.4. The number of benzene rings is 1. The average molecular weight is 327 g/mol. The van der Waals surface area contributed by atoms with E-state index in [1.54, 1.807) is 45.2 Å². The van der Waals surface area contributed by atoms with Crippen LogP contribution in [0.25, 0.3) is 0 Å². The number of hydrogen-bond acceptors (Lipinski definition) is 5. The molecule has 1 aliphatic heterocycles. The van der Waals surface area contributed by atoms with E-state index in [0.717, 1.165) is 10.5 Å². The van der Waals surface area contributed by atoms with Gasteiger partial charge in [-0.1, -0.05) is 17.3 Å². The Bertz CT molecular complexity index is 786. The van der Waals surface area contributed by atoms with Crippen molar-refractivity contribution in [2.45, 2.75) is 20.4 Å². The van der Waals surface area contributed by atoms with Gasteiger partial charge >= 0.3 is 0 Å². The largest absolute Gasteiger partial charge is 0.361 e. The van der Waals surface area contributed by atoms with E-state index >= 15 is 0 Å². The summed E-state index contributed by atoms with van der Waals surface area (Å²) < 4.78 is 5.08. The zero-order valence-corrected chi connectivity index (χ0v) is 13.7. The van der Waals surface area contributed by atoms with E-state index < -0.39 is 11.8 Å². The summed E-state index contributed by atoms with van der Waals surface area (Å²) in [6.07, 6.45) is 0. The highest BCUT2D eigenvalue weighted by molar-refractivity contribution is 6.22. The first-order valence-electron chi connectivity index (χ1n) is 7.51. The Kier molecular flexibility index (Phi) is 3.92. The minimum atomic E-state index is -0.435. The van der Waals surface area contributed by atoms with Gasteiger partial charge in [-0.3, -0.25) is 19.3 Å². The highest BCUT2D eigenvalue weighted by atomic mass is 16.5. The van der Waals surface area contributed by atoms with Crippen molar-refractivity contribution in [3.63, 3.8) is 0 Å². The van der Waals surface area contributed by atoms with Crippen molar-refractivity contribution in [2.24, 2.45) is 0 Å². The van der Waals surface area contributed by atoms with E-state index in [1.807, 2.05) is 0 Å². The third-order valence-corrected chi connectivity index (χ3v) is 4.17. The van der Waals surface area contributed by atoms with E-state index in [9.17, 15) is 14.4 Å². The lowest BCUT2D eigenvalue weighted by molar-refractivity contribution is -0.130. The molecular weight excluding hydrogens is 310 g/mol. The smallest absolute Gasteiger partial charge is 0.262 e. The number of rotatable bonds is 4.